The monoisotopic (exact) mass is 936 g/mol. The minimum absolute atomic E-state index is 0.376. The summed E-state index contributed by atoms with van der Waals surface area (Å²) < 4.78 is 0. The topological polar surface area (TPSA) is 110 Å². The zero-order valence-electron chi connectivity index (χ0n) is 45.0. The number of carbonyl (C=O) groups excluding carboxylic acids is 1. The third-order valence-corrected chi connectivity index (χ3v) is 14.8. The lowest BCUT2D eigenvalue weighted by Crippen LogP contribution is -2.53. The van der Waals surface area contributed by atoms with Gasteiger partial charge in [-0.25, -0.2) is 0 Å². The van der Waals surface area contributed by atoms with E-state index >= 15 is 0 Å². The van der Waals surface area contributed by atoms with Crippen LogP contribution in [0.25, 0.3) is 0 Å². The summed E-state index contributed by atoms with van der Waals surface area (Å²) in [5.41, 5.74) is 0. The largest absolute Gasteiger partial charge is 0.394 e. The molecule has 4 unspecified atom stereocenters. The van der Waals surface area contributed by atoms with Crippen LogP contribution in [-0.4, -0.2) is 57.3 Å². The van der Waals surface area contributed by atoms with Gasteiger partial charge in [-0.05, 0) is 12.8 Å². The summed E-state index contributed by atoms with van der Waals surface area (Å²) in [7, 11) is 0. The van der Waals surface area contributed by atoms with Gasteiger partial charge in [-0.2, -0.15) is 0 Å². The fourth-order valence-corrected chi connectivity index (χ4v) is 10.1. The van der Waals surface area contributed by atoms with Gasteiger partial charge in [0.15, 0.2) is 0 Å². The van der Waals surface area contributed by atoms with Crippen LogP contribution >= 0.6 is 0 Å². The van der Waals surface area contributed by atoms with E-state index in [1.807, 2.05) is 0 Å². The van der Waals surface area contributed by atoms with Crippen molar-refractivity contribution in [1.29, 1.82) is 0 Å². The summed E-state index contributed by atoms with van der Waals surface area (Å²) in [6.07, 6.45) is 64.8. The second-order valence-corrected chi connectivity index (χ2v) is 21.4. The highest BCUT2D eigenvalue weighted by molar-refractivity contribution is 5.80. The summed E-state index contributed by atoms with van der Waals surface area (Å²) in [5, 5.41) is 44.0. The second kappa shape index (κ2) is 55.2. The standard InChI is InChI=1S/C60H121NO5/c1-3-5-7-9-11-13-15-17-19-21-23-24-25-26-27-28-29-30-31-32-33-34-35-36-38-40-42-44-46-48-50-52-54-58(64)60(66)61-56(55-62)59(65)57(63)53-51-49-47-45-43-41-39-37-22-20-18-16-14-12-10-8-6-4-2/h56-59,62-65H,3-55H2,1-2H3,(H,61,66). The molecule has 0 aliphatic rings. The van der Waals surface area contributed by atoms with E-state index in [-0.39, 0.29) is 0 Å². The maximum absolute atomic E-state index is 12.6. The lowest BCUT2D eigenvalue weighted by atomic mass is 9.99. The predicted molar refractivity (Wildman–Crippen MR) is 288 cm³/mol. The molecule has 0 aromatic rings. The van der Waals surface area contributed by atoms with Crippen LogP contribution in [0.5, 0.6) is 0 Å². The van der Waals surface area contributed by atoms with Gasteiger partial charge >= 0.3 is 0 Å². The lowest BCUT2D eigenvalue weighted by molar-refractivity contribution is -0.132. The molecule has 0 aromatic carbocycles. The van der Waals surface area contributed by atoms with Gasteiger partial charge in [-0.15, -0.1) is 0 Å². The quantitative estimate of drug-likeness (QED) is 0.0390. The van der Waals surface area contributed by atoms with Crippen LogP contribution in [-0.2, 0) is 4.79 Å². The van der Waals surface area contributed by atoms with Crippen molar-refractivity contribution in [2.24, 2.45) is 0 Å². The number of rotatable bonds is 57. The Labute approximate surface area is 413 Å². The molecule has 0 bridgehead atoms. The van der Waals surface area contributed by atoms with Crippen LogP contribution < -0.4 is 5.32 Å². The van der Waals surface area contributed by atoms with Crippen LogP contribution in [0.3, 0.4) is 0 Å². The number of hydrogen-bond acceptors (Lipinski definition) is 5. The molecule has 0 aliphatic carbocycles. The van der Waals surface area contributed by atoms with E-state index in [1.165, 1.54) is 283 Å². The normalized spacial score (nSPS) is 13.6. The SMILES string of the molecule is CCCCCCCCCCCCCCCCCCCCCCCCCCCCCCCCCCC(O)C(=O)NC(CO)C(O)C(O)CCCCCCCCCCCCCCCCCCCC. The average Bonchev–Trinajstić information content (AvgIpc) is 3.32. The number of aliphatic hydroxyl groups excluding tert-OH is 4. The van der Waals surface area contributed by atoms with Gasteiger partial charge in [0.1, 0.15) is 12.2 Å². The third-order valence-electron chi connectivity index (χ3n) is 14.8. The molecule has 6 nitrogen and oxygen atoms in total. The van der Waals surface area contributed by atoms with Crippen LogP contribution in [0, 0.1) is 0 Å². The predicted octanol–water partition coefficient (Wildman–Crippen LogP) is 17.9. The molecule has 5 N–H and O–H groups in total. The van der Waals surface area contributed by atoms with E-state index in [4.69, 9.17) is 0 Å². The first kappa shape index (κ1) is 65.3. The van der Waals surface area contributed by atoms with Crippen molar-refractivity contribution in [3.63, 3.8) is 0 Å². The molecule has 0 aromatic heterocycles. The Morgan fingerprint density at radius 1 is 0.318 bits per heavy atom. The molecule has 6 heteroatoms. The fraction of sp³-hybridized carbons (Fsp3) is 0.983. The molecule has 396 valence electrons. The van der Waals surface area contributed by atoms with Crippen molar-refractivity contribution in [3.05, 3.63) is 0 Å². The minimum atomic E-state index is -1.25. The molecule has 0 fully saturated rings. The van der Waals surface area contributed by atoms with Crippen LogP contribution in [0.2, 0.25) is 0 Å². The first-order valence-corrected chi connectivity index (χ1v) is 30.4. The second-order valence-electron chi connectivity index (χ2n) is 21.4. The van der Waals surface area contributed by atoms with Gasteiger partial charge < -0.3 is 25.7 Å². The maximum Gasteiger partial charge on any atom is 0.249 e. The molecule has 0 rings (SSSR count). The number of carbonyl (C=O) groups is 1. The Hall–Kier alpha value is -0.690. The number of hydrogen-bond donors (Lipinski definition) is 5. The Kier molecular flexibility index (Phi) is 54.7. The Morgan fingerprint density at radius 3 is 0.727 bits per heavy atom. The third kappa shape index (κ3) is 48.3. The Balaban J connectivity index is 3.52. The molecule has 4 atom stereocenters. The van der Waals surface area contributed by atoms with E-state index in [2.05, 4.69) is 19.2 Å². The molecule has 0 saturated carbocycles. The van der Waals surface area contributed by atoms with Gasteiger partial charge in [-0.3, -0.25) is 4.79 Å². The molecule has 0 saturated heterocycles. The molecule has 0 radical (unpaired) electrons. The summed E-state index contributed by atoms with van der Waals surface area (Å²) in [6, 6.07) is -0.981. The van der Waals surface area contributed by atoms with Crippen molar-refractivity contribution in [3.8, 4) is 0 Å². The van der Waals surface area contributed by atoms with Crippen LogP contribution in [0.15, 0.2) is 0 Å². The zero-order chi connectivity index (χ0) is 48.1. The van der Waals surface area contributed by atoms with E-state index < -0.39 is 36.9 Å². The van der Waals surface area contributed by atoms with Gasteiger partial charge in [0.05, 0.1) is 18.8 Å². The lowest BCUT2D eigenvalue weighted by Gasteiger charge is -2.27. The molecular formula is C60H121NO5. The summed E-state index contributed by atoms with van der Waals surface area (Å²) in [6.45, 7) is 4.10. The first-order valence-electron chi connectivity index (χ1n) is 30.4. The van der Waals surface area contributed by atoms with Crippen molar-refractivity contribution in [2.75, 3.05) is 6.61 Å². The molecule has 0 heterocycles. The van der Waals surface area contributed by atoms with Crippen LogP contribution in [0.4, 0.5) is 0 Å². The summed E-state index contributed by atoms with van der Waals surface area (Å²) in [4.78, 5) is 12.6. The van der Waals surface area contributed by atoms with Gasteiger partial charge in [0.2, 0.25) is 5.91 Å². The Bertz CT molecular complexity index is 917. The molecular weight excluding hydrogens is 815 g/mol. The fourth-order valence-electron chi connectivity index (χ4n) is 10.1. The number of amides is 1. The maximum atomic E-state index is 12.6. The van der Waals surface area contributed by atoms with E-state index in [9.17, 15) is 25.2 Å². The highest BCUT2D eigenvalue weighted by Crippen LogP contribution is 2.19. The number of nitrogens with one attached hydrogen (secondary N) is 1. The minimum Gasteiger partial charge on any atom is -0.394 e. The first-order chi connectivity index (χ1) is 32.5. The molecule has 0 aliphatic heterocycles. The highest BCUT2D eigenvalue weighted by atomic mass is 16.3. The van der Waals surface area contributed by atoms with Crippen molar-refractivity contribution >= 4 is 5.91 Å². The Morgan fingerprint density at radius 2 is 0.515 bits per heavy atom. The van der Waals surface area contributed by atoms with Crippen molar-refractivity contribution in [2.45, 2.75) is 372 Å². The van der Waals surface area contributed by atoms with Gasteiger partial charge in [-0.1, -0.05) is 335 Å². The number of unbranched alkanes of at least 4 members (excludes halogenated alkanes) is 48. The van der Waals surface area contributed by atoms with Crippen molar-refractivity contribution < 1.29 is 25.2 Å². The van der Waals surface area contributed by atoms with E-state index in [0.29, 0.717) is 12.8 Å². The summed E-state index contributed by atoms with van der Waals surface area (Å²) in [5.74, 6) is -0.575. The average molecular weight is 937 g/mol. The van der Waals surface area contributed by atoms with Gasteiger partial charge in [0.25, 0.3) is 0 Å². The van der Waals surface area contributed by atoms with Crippen LogP contribution in [0.1, 0.15) is 348 Å². The van der Waals surface area contributed by atoms with E-state index in [0.717, 1.165) is 38.5 Å². The highest BCUT2D eigenvalue weighted by Gasteiger charge is 2.28. The molecule has 1 amide bonds. The summed E-state index contributed by atoms with van der Waals surface area (Å²) >= 11 is 0. The zero-order valence-corrected chi connectivity index (χ0v) is 45.0. The van der Waals surface area contributed by atoms with Crippen molar-refractivity contribution in [1.82, 2.24) is 5.32 Å². The number of aliphatic hydroxyl groups is 4. The smallest absolute Gasteiger partial charge is 0.249 e. The van der Waals surface area contributed by atoms with Gasteiger partial charge in [0, 0.05) is 0 Å². The molecule has 0 spiro atoms. The van der Waals surface area contributed by atoms with E-state index in [1.54, 1.807) is 0 Å². The molecule has 66 heavy (non-hydrogen) atoms.